The van der Waals surface area contributed by atoms with E-state index in [4.69, 9.17) is 9.47 Å². The Balaban J connectivity index is 1.28. The lowest BCUT2D eigenvalue weighted by Gasteiger charge is -2.38. The summed E-state index contributed by atoms with van der Waals surface area (Å²) in [7, 11) is 0. The van der Waals surface area contributed by atoms with Crippen molar-refractivity contribution in [2.45, 2.75) is 56.3 Å². The summed E-state index contributed by atoms with van der Waals surface area (Å²) in [4.78, 5) is 27.1. The SMILES string of the molecule is O=C(Nc1ccc2c(c1)[C@@H]1C[C@H](CC(=O)N3CCCCC3)O[C@@H](CO)[C@@H]1O2)Nc1ccccc1F. The molecular weight excluding hydrogens is 453 g/mol. The Kier molecular flexibility index (Phi) is 6.88. The Bertz CT molecular complexity index is 1090. The van der Waals surface area contributed by atoms with Crippen LogP contribution in [0, 0.1) is 5.82 Å². The normalized spacial score (nSPS) is 25.3. The van der Waals surface area contributed by atoms with Crippen LogP contribution in [0.25, 0.3) is 0 Å². The van der Waals surface area contributed by atoms with Gasteiger partial charge in [0.1, 0.15) is 23.8 Å². The third-order valence-corrected chi connectivity index (χ3v) is 6.99. The quantitative estimate of drug-likeness (QED) is 0.600. The van der Waals surface area contributed by atoms with E-state index in [-0.39, 0.29) is 42.7 Å². The highest BCUT2D eigenvalue weighted by molar-refractivity contribution is 5.99. The molecule has 35 heavy (non-hydrogen) atoms. The molecule has 0 spiro atoms. The van der Waals surface area contributed by atoms with Gasteiger partial charge in [-0.3, -0.25) is 4.79 Å². The molecule has 4 atom stereocenters. The summed E-state index contributed by atoms with van der Waals surface area (Å²) in [6.07, 6.45) is 2.85. The third kappa shape index (κ3) is 5.11. The average molecular weight is 484 g/mol. The van der Waals surface area contributed by atoms with Crippen LogP contribution in [0.3, 0.4) is 0 Å². The number of aliphatic hydroxyl groups is 1. The molecule has 0 aliphatic carbocycles. The Hall–Kier alpha value is -3.17. The lowest BCUT2D eigenvalue weighted by molar-refractivity contribution is -0.149. The first-order valence-corrected chi connectivity index (χ1v) is 12.2. The first-order valence-electron chi connectivity index (χ1n) is 12.2. The summed E-state index contributed by atoms with van der Waals surface area (Å²) >= 11 is 0. The van der Waals surface area contributed by atoms with Gasteiger partial charge < -0.3 is 30.1 Å². The monoisotopic (exact) mass is 483 g/mol. The lowest BCUT2D eigenvalue weighted by Crippen LogP contribution is -2.48. The average Bonchev–Trinajstić information content (AvgIpc) is 3.23. The molecule has 0 aromatic heterocycles. The van der Waals surface area contributed by atoms with Gasteiger partial charge in [0.2, 0.25) is 5.91 Å². The smallest absolute Gasteiger partial charge is 0.323 e. The van der Waals surface area contributed by atoms with Gasteiger partial charge in [-0.15, -0.1) is 0 Å². The van der Waals surface area contributed by atoms with E-state index in [1.165, 1.54) is 12.1 Å². The van der Waals surface area contributed by atoms with Crippen LogP contribution in [0.2, 0.25) is 0 Å². The molecule has 8 nitrogen and oxygen atoms in total. The van der Waals surface area contributed by atoms with Crippen LogP contribution >= 0.6 is 0 Å². The zero-order chi connectivity index (χ0) is 24.4. The molecule has 2 aromatic carbocycles. The number of piperidine rings is 1. The second kappa shape index (κ2) is 10.2. The van der Waals surface area contributed by atoms with Gasteiger partial charge in [0.25, 0.3) is 0 Å². The van der Waals surface area contributed by atoms with Crippen molar-refractivity contribution in [1.82, 2.24) is 4.90 Å². The number of rotatable bonds is 5. The summed E-state index contributed by atoms with van der Waals surface area (Å²) in [6.45, 7) is 1.37. The minimum absolute atomic E-state index is 0.0774. The van der Waals surface area contributed by atoms with E-state index in [0.29, 0.717) is 17.9 Å². The van der Waals surface area contributed by atoms with Gasteiger partial charge in [-0.25, -0.2) is 9.18 Å². The van der Waals surface area contributed by atoms with Crippen molar-refractivity contribution in [2.24, 2.45) is 0 Å². The fourth-order valence-corrected chi connectivity index (χ4v) is 5.28. The Labute approximate surface area is 203 Å². The first-order chi connectivity index (χ1) is 17.0. The molecule has 3 aliphatic heterocycles. The molecule has 5 rings (SSSR count). The van der Waals surface area contributed by atoms with Gasteiger partial charge >= 0.3 is 6.03 Å². The van der Waals surface area contributed by atoms with Gasteiger partial charge in [-0.1, -0.05) is 12.1 Å². The van der Waals surface area contributed by atoms with Crippen LogP contribution in [0.5, 0.6) is 5.75 Å². The largest absolute Gasteiger partial charge is 0.487 e. The maximum atomic E-state index is 13.9. The molecule has 2 aromatic rings. The fourth-order valence-electron chi connectivity index (χ4n) is 5.28. The molecule has 9 heteroatoms. The van der Waals surface area contributed by atoms with Crippen molar-refractivity contribution in [1.29, 1.82) is 0 Å². The molecule has 2 fully saturated rings. The molecule has 3 heterocycles. The van der Waals surface area contributed by atoms with Crippen molar-refractivity contribution >= 4 is 23.3 Å². The molecule has 3 aliphatic rings. The van der Waals surface area contributed by atoms with Crippen molar-refractivity contribution in [2.75, 3.05) is 30.3 Å². The molecule has 0 radical (unpaired) electrons. The number of nitrogens with one attached hydrogen (secondary N) is 2. The second-order valence-electron chi connectivity index (χ2n) is 9.36. The van der Waals surface area contributed by atoms with Crippen molar-refractivity contribution in [3.63, 3.8) is 0 Å². The summed E-state index contributed by atoms with van der Waals surface area (Å²) in [5.41, 5.74) is 1.52. The molecule has 3 N–H and O–H groups in total. The van der Waals surface area contributed by atoms with Crippen molar-refractivity contribution in [3.05, 3.63) is 53.8 Å². The number of halogens is 1. The Morgan fingerprint density at radius 2 is 1.89 bits per heavy atom. The number of amides is 3. The Morgan fingerprint density at radius 1 is 1.09 bits per heavy atom. The molecule has 186 valence electrons. The lowest BCUT2D eigenvalue weighted by atomic mass is 9.84. The zero-order valence-corrected chi connectivity index (χ0v) is 19.4. The van der Waals surface area contributed by atoms with Crippen LogP contribution in [0.4, 0.5) is 20.6 Å². The van der Waals surface area contributed by atoms with Gasteiger partial charge in [0.15, 0.2) is 0 Å². The minimum Gasteiger partial charge on any atom is -0.487 e. The maximum Gasteiger partial charge on any atom is 0.323 e. The van der Waals surface area contributed by atoms with Crippen LogP contribution in [-0.2, 0) is 9.53 Å². The number of ether oxygens (including phenoxy) is 2. The van der Waals surface area contributed by atoms with Crippen molar-refractivity contribution in [3.8, 4) is 5.75 Å². The highest BCUT2D eigenvalue weighted by Crippen LogP contribution is 2.47. The van der Waals surface area contributed by atoms with E-state index < -0.39 is 18.0 Å². The van der Waals surface area contributed by atoms with Crippen molar-refractivity contribution < 1.29 is 28.6 Å². The highest BCUT2D eigenvalue weighted by Gasteiger charge is 2.46. The second-order valence-corrected chi connectivity index (χ2v) is 9.36. The standard InChI is InChI=1S/C26H30FN3O5/c27-20-6-2-3-7-21(20)29-26(33)28-16-8-9-22-18(12-16)19-13-17(34-23(15-31)25(19)35-22)14-24(32)30-10-4-1-5-11-30/h2-3,6-9,12,17,19,23,25,31H,1,4-5,10-11,13-15H2,(H2,28,29,33)/t17-,19+,23+,25-/m1/s1. The third-order valence-electron chi connectivity index (χ3n) is 6.99. The van der Waals surface area contributed by atoms with Crippen LogP contribution < -0.4 is 15.4 Å². The van der Waals surface area contributed by atoms with E-state index >= 15 is 0 Å². The number of para-hydroxylation sites is 1. The number of carbonyl (C=O) groups excluding carboxylic acids is 2. The van der Waals surface area contributed by atoms with Crippen LogP contribution in [-0.4, -0.2) is 60.0 Å². The van der Waals surface area contributed by atoms with Gasteiger partial charge in [0, 0.05) is 30.3 Å². The number of anilines is 2. The number of urea groups is 1. The highest BCUT2D eigenvalue weighted by atomic mass is 19.1. The van der Waals surface area contributed by atoms with E-state index in [1.807, 2.05) is 11.0 Å². The van der Waals surface area contributed by atoms with Gasteiger partial charge in [-0.05, 0) is 56.0 Å². The van der Waals surface area contributed by atoms with E-state index in [0.717, 1.165) is 37.9 Å². The van der Waals surface area contributed by atoms with Crippen LogP contribution in [0.1, 0.15) is 43.6 Å². The zero-order valence-electron chi connectivity index (χ0n) is 19.4. The van der Waals surface area contributed by atoms with Gasteiger partial charge in [-0.2, -0.15) is 0 Å². The Morgan fingerprint density at radius 3 is 2.66 bits per heavy atom. The maximum absolute atomic E-state index is 13.9. The molecule has 2 saturated heterocycles. The summed E-state index contributed by atoms with van der Waals surface area (Å²) in [5.74, 6) is 0.163. The number of hydrogen-bond acceptors (Lipinski definition) is 5. The summed E-state index contributed by atoms with van der Waals surface area (Å²) < 4.78 is 26.0. The number of likely N-dealkylation sites (tertiary alicyclic amines) is 1. The fraction of sp³-hybridized carbons (Fsp3) is 0.462. The first kappa shape index (κ1) is 23.6. The number of carbonyl (C=O) groups is 2. The predicted molar refractivity (Wildman–Crippen MR) is 128 cm³/mol. The predicted octanol–water partition coefficient (Wildman–Crippen LogP) is 3.87. The summed E-state index contributed by atoms with van der Waals surface area (Å²) in [6, 6.07) is 10.7. The number of benzene rings is 2. The number of nitrogens with zero attached hydrogens (tertiary/aromatic N) is 1. The minimum atomic E-state index is -0.560. The van der Waals surface area contributed by atoms with E-state index in [9.17, 15) is 19.1 Å². The summed E-state index contributed by atoms with van der Waals surface area (Å²) in [5, 5.41) is 15.2. The molecule has 0 bridgehead atoms. The molecular formula is C26H30FN3O5. The molecule has 0 saturated carbocycles. The molecule has 3 amide bonds. The van der Waals surface area contributed by atoms with E-state index in [2.05, 4.69) is 10.6 Å². The number of fused-ring (bicyclic) bond motifs is 3. The number of aliphatic hydroxyl groups excluding tert-OH is 1. The van der Waals surface area contributed by atoms with E-state index in [1.54, 1.807) is 24.3 Å². The molecule has 0 unspecified atom stereocenters. The van der Waals surface area contributed by atoms with Gasteiger partial charge in [0.05, 0.1) is 24.8 Å². The number of hydrogen-bond donors (Lipinski definition) is 3. The van der Waals surface area contributed by atoms with Crippen LogP contribution in [0.15, 0.2) is 42.5 Å². The topological polar surface area (TPSA) is 100 Å².